The van der Waals surface area contributed by atoms with E-state index in [1.165, 1.54) is 0 Å². The fraction of sp³-hybridized carbons (Fsp3) is 0.471. The van der Waals surface area contributed by atoms with Crippen LogP contribution in [0.2, 0.25) is 0 Å². The lowest BCUT2D eigenvalue weighted by Gasteiger charge is -2.22. The van der Waals surface area contributed by atoms with E-state index in [0.29, 0.717) is 5.56 Å². The quantitative estimate of drug-likeness (QED) is 0.745. The predicted molar refractivity (Wildman–Crippen MR) is 96.3 cm³/mol. The maximum atomic E-state index is 12.2. The molecule has 1 fully saturated rings. The lowest BCUT2D eigenvalue weighted by atomic mass is 10.3. The van der Waals surface area contributed by atoms with E-state index >= 15 is 0 Å². The maximum Gasteiger partial charge on any atom is 0.442 e. The second kappa shape index (κ2) is 10.4. The number of pyridine rings is 1. The van der Waals surface area contributed by atoms with Crippen LogP contribution in [-0.4, -0.2) is 48.6 Å². The molecule has 0 aromatic carbocycles. The predicted octanol–water partition coefficient (Wildman–Crippen LogP) is 4.33. The molecular formula is C17H24F3N3S. The molecule has 0 N–H and O–H groups in total. The molecule has 3 nitrogen and oxygen atoms in total. The summed E-state index contributed by atoms with van der Waals surface area (Å²) in [5.74, 6) is 0.716. The monoisotopic (exact) mass is 359 g/mol. The van der Waals surface area contributed by atoms with Crippen molar-refractivity contribution in [1.29, 1.82) is 0 Å². The number of rotatable bonds is 4. The van der Waals surface area contributed by atoms with Crippen LogP contribution in [0.25, 0.3) is 0 Å². The molecule has 0 radical (unpaired) electrons. The summed E-state index contributed by atoms with van der Waals surface area (Å²) in [6.45, 7) is 10.5. The Balaban J connectivity index is 0.000000648. The van der Waals surface area contributed by atoms with E-state index in [1.807, 2.05) is 0 Å². The summed E-state index contributed by atoms with van der Waals surface area (Å²) in [4.78, 5) is 8.69. The highest BCUT2D eigenvalue weighted by Gasteiger charge is 2.28. The number of aromatic nitrogens is 1. The Morgan fingerprint density at radius 1 is 1.21 bits per heavy atom. The largest absolute Gasteiger partial charge is 0.442 e. The first-order chi connectivity index (χ1) is 11.4. The Morgan fingerprint density at radius 3 is 2.54 bits per heavy atom. The van der Waals surface area contributed by atoms with E-state index in [2.05, 4.69) is 35.0 Å². The highest BCUT2D eigenvalue weighted by molar-refractivity contribution is 7.99. The third-order valence-corrected chi connectivity index (χ3v) is 4.23. The van der Waals surface area contributed by atoms with E-state index in [9.17, 15) is 13.2 Å². The van der Waals surface area contributed by atoms with Crippen molar-refractivity contribution >= 4 is 17.6 Å². The van der Waals surface area contributed by atoms with Crippen molar-refractivity contribution < 1.29 is 13.2 Å². The number of anilines is 1. The van der Waals surface area contributed by atoms with Gasteiger partial charge in [-0.05, 0) is 49.5 Å². The number of alkyl halides is 3. The molecule has 0 aliphatic carbocycles. The van der Waals surface area contributed by atoms with Crippen LogP contribution in [0.3, 0.4) is 0 Å². The van der Waals surface area contributed by atoms with Crippen molar-refractivity contribution in [3.63, 3.8) is 0 Å². The second-order valence-corrected chi connectivity index (χ2v) is 6.41. The van der Waals surface area contributed by atoms with Gasteiger partial charge < -0.3 is 9.80 Å². The molecule has 0 saturated carbocycles. The van der Waals surface area contributed by atoms with Gasteiger partial charge in [-0.3, -0.25) is 0 Å². The van der Waals surface area contributed by atoms with Crippen LogP contribution >= 0.6 is 11.8 Å². The number of halogens is 3. The van der Waals surface area contributed by atoms with Gasteiger partial charge in [0.2, 0.25) is 0 Å². The highest BCUT2D eigenvalue weighted by Crippen LogP contribution is 2.33. The van der Waals surface area contributed by atoms with Gasteiger partial charge in [0.1, 0.15) is 5.82 Å². The third kappa shape index (κ3) is 8.40. The number of likely N-dealkylation sites (N-methyl/N-ethyl adjacent to an activating group) is 1. The van der Waals surface area contributed by atoms with Crippen molar-refractivity contribution in [2.75, 3.05) is 38.1 Å². The van der Waals surface area contributed by atoms with E-state index < -0.39 is 5.51 Å². The SMILES string of the molecule is C=CC=C.CN1CCCN(c2cc(CSC(F)(F)F)ccn2)CC1. The van der Waals surface area contributed by atoms with E-state index in [4.69, 9.17) is 0 Å². The standard InChI is InChI=1S/C13H18F3N3S.C4H6/c1-18-5-2-6-19(8-7-18)12-9-11(3-4-17-12)10-20-13(14,15)16;1-3-4-2/h3-4,9H,2,5-8,10H2,1H3;3-4H,1-2H2. The molecular weight excluding hydrogens is 335 g/mol. The molecule has 2 rings (SSSR count). The zero-order valence-electron chi connectivity index (χ0n) is 13.9. The lowest BCUT2D eigenvalue weighted by Crippen LogP contribution is -2.29. The first-order valence-electron chi connectivity index (χ1n) is 7.68. The summed E-state index contributed by atoms with van der Waals surface area (Å²) in [6.07, 6.45) is 5.91. The summed E-state index contributed by atoms with van der Waals surface area (Å²) in [5.41, 5.74) is -3.52. The van der Waals surface area contributed by atoms with Gasteiger partial charge in [-0.2, -0.15) is 13.2 Å². The van der Waals surface area contributed by atoms with Gasteiger partial charge in [-0.15, -0.1) is 0 Å². The zero-order chi connectivity index (χ0) is 18.0. The molecule has 1 saturated heterocycles. The van der Waals surface area contributed by atoms with Gasteiger partial charge in [0.15, 0.2) is 0 Å². The molecule has 7 heteroatoms. The van der Waals surface area contributed by atoms with E-state index in [1.54, 1.807) is 30.5 Å². The fourth-order valence-corrected chi connectivity index (χ4v) is 2.67. The minimum Gasteiger partial charge on any atom is -0.355 e. The number of hydrogen-bond acceptors (Lipinski definition) is 4. The van der Waals surface area contributed by atoms with Gasteiger partial charge in [-0.1, -0.05) is 25.3 Å². The lowest BCUT2D eigenvalue weighted by molar-refractivity contribution is -0.0329. The van der Waals surface area contributed by atoms with Crippen molar-refractivity contribution in [3.8, 4) is 0 Å². The van der Waals surface area contributed by atoms with Gasteiger partial charge in [0.05, 0.1) is 0 Å². The van der Waals surface area contributed by atoms with Crippen LogP contribution in [-0.2, 0) is 5.75 Å². The van der Waals surface area contributed by atoms with Crippen LogP contribution in [0.5, 0.6) is 0 Å². The Hall–Kier alpha value is -1.47. The first-order valence-corrected chi connectivity index (χ1v) is 8.67. The molecule has 1 aliphatic rings. The van der Waals surface area contributed by atoms with E-state index in [0.717, 1.165) is 38.4 Å². The minimum absolute atomic E-state index is 0.00799. The van der Waals surface area contributed by atoms with E-state index in [-0.39, 0.29) is 17.5 Å². The smallest absolute Gasteiger partial charge is 0.355 e. The molecule has 1 aliphatic heterocycles. The number of nitrogens with zero attached hydrogens (tertiary/aromatic N) is 3. The Morgan fingerprint density at radius 2 is 1.92 bits per heavy atom. The first kappa shape index (κ1) is 20.6. The fourth-order valence-electron chi connectivity index (χ4n) is 2.16. The topological polar surface area (TPSA) is 19.4 Å². The summed E-state index contributed by atoms with van der Waals surface area (Å²) in [7, 11) is 2.08. The van der Waals surface area contributed by atoms with Crippen LogP contribution < -0.4 is 4.90 Å². The normalized spacial score (nSPS) is 15.9. The third-order valence-electron chi connectivity index (χ3n) is 3.42. The Labute approximate surface area is 146 Å². The average molecular weight is 359 g/mol. The van der Waals surface area contributed by atoms with Crippen LogP contribution in [0.4, 0.5) is 19.0 Å². The molecule has 134 valence electrons. The van der Waals surface area contributed by atoms with Crippen molar-refractivity contribution in [1.82, 2.24) is 9.88 Å². The van der Waals surface area contributed by atoms with Crippen LogP contribution in [0.15, 0.2) is 43.6 Å². The maximum absolute atomic E-state index is 12.2. The van der Waals surface area contributed by atoms with Crippen molar-refractivity contribution in [2.45, 2.75) is 17.7 Å². The average Bonchev–Trinajstić information content (AvgIpc) is 2.77. The number of thioether (sulfide) groups is 1. The summed E-state index contributed by atoms with van der Waals surface area (Å²) >= 11 is -0.00799. The molecule has 0 bridgehead atoms. The molecule has 0 amide bonds. The van der Waals surface area contributed by atoms with Crippen LogP contribution in [0, 0.1) is 0 Å². The molecule has 0 unspecified atom stereocenters. The van der Waals surface area contributed by atoms with Gasteiger partial charge >= 0.3 is 5.51 Å². The Kier molecular flexibility index (Phi) is 8.92. The highest BCUT2D eigenvalue weighted by atomic mass is 32.2. The number of allylic oxidation sites excluding steroid dienone is 2. The van der Waals surface area contributed by atoms with Gasteiger partial charge in [0.25, 0.3) is 0 Å². The zero-order valence-corrected chi connectivity index (χ0v) is 14.7. The summed E-state index contributed by atoms with van der Waals surface area (Å²) in [6, 6.07) is 3.41. The summed E-state index contributed by atoms with van der Waals surface area (Å²) in [5, 5.41) is 0. The molecule has 1 aromatic rings. The van der Waals surface area contributed by atoms with Crippen molar-refractivity contribution in [3.05, 3.63) is 49.2 Å². The molecule has 2 heterocycles. The molecule has 0 atom stereocenters. The van der Waals surface area contributed by atoms with Gasteiger partial charge in [-0.25, -0.2) is 4.98 Å². The molecule has 0 spiro atoms. The van der Waals surface area contributed by atoms with Crippen molar-refractivity contribution in [2.24, 2.45) is 0 Å². The number of hydrogen-bond donors (Lipinski definition) is 0. The molecule has 24 heavy (non-hydrogen) atoms. The van der Waals surface area contributed by atoms with Crippen LogP contribution in [0.1, 0.15) is 12.0 Å². The molecule has 1 aromatic heterocycles. The second-order valence-electron chi connectivity index (χ2n) is 5.37. The van der Waals surface area contributed by atoms with Gasteiger partial charge in [0, 0.05) is 31.6 Å². The summed E-state index contributed by atoms with van der Waals surface area (Å²) < 4.78 is 36.7. The minimum atomic E-state index is -4.19. The Bertz CT molecular complexity index is 514.